The number of ether oxygens (including phenoxy) is 1. The SMILES string of the molecule is CCC1(CC)OC(C)C(CO)C1C. The van der Waals surface area contributed by atoms with Gasteiger partial charge in [-0.1, -0.05) is 20.8 Å². The van der Waals surface area contributed by atoms with Crippen LogP contribution >= 0.6 is 0 Å². The van der Waals surface area contributed by atoms with Crippen molar-refractivity contribution in [3.05, 3.63) is 0 Å². The normalized spacial score (nSPS) is 38.1. The average molecular weight is 186 g/mol. The number of aliphatic hydroxyl groups is 1. The molecule has 1 heterocycles. The first-order valence-electron chi connectivity index (χ1n) is 5.40. The van der Waals surface area contributed by atoms with Crippen molar-refractivity contribution in [2.45, 2.75) is 52.2 Å². The van der Waals surface area contributed by atoms with Gasteiger partial charge in [0.1, 0.15) is 0 Å². The summed E-state index contributed by atoms with van der Waals surface area (Å²) in [7, 11) is 0. The molecule has 2 nitrogen and oxygen atoms in total. The third-order valence-corrected chi connectivity index (χ3v) is 3.90. The Morgan fingerprint density at radius 3 is 2.00 bits per heavy atom. The summed E-state index contributed by atoms with van der Waals surface area (Å²) in [6, 6.07) is 0. The van der Waals surface area contributed by atoms with Crippen molar-refractivity contribution in [1.82, 2.24) is 0 Å². The standard InChI is InChI=1S/C11H22O2/c1-5-11(6-2)8(3)10(7-12)9(4)13-11/h8-10,12H,5-7H2,1-4H3. The van der Waals surface area contributed by atoms with Crippen molar-refractivity contribution in [1.29, 1.82) is 0 Å². The third-order valence-electron chi connectivity index (χ3n) is 3.90. The van der Waals surface area contributed by atoms with Gasteiger partial charge in [-0.15, -0.1) is 0 Å². The molecule has 0 aromatic heterocycles. The van der Waals surface area contributed by atoms with Crippen LogP contribution in [-0.2, 0) is 4.74 Å². The lowest BCUT2D eigenvalue weighted by Gasteiger charge is -2.31. The second kappa shape index (κ2) is 3.97. The van der Waals surface area contributed by atoms with Crippen LogP contribution in [0.15, 0.2) is 0 Å². The van der Waals surface area contributed by atoms with Crippen LogP contribution < -0.4 is 0 Å². The van der Waals surface area contributed by atoms with Gasteiger partial charge in [0.05, 0.1) is 11.7 Å². The monoisotopic (exact) mass is 186 g/mol. The maximum absolute atomic E-state index is 9.25. The average Bonchev–Trinajstić information content (AvgIpc) is 2.38. The highest BCUT2D eigenvalue weighted by Crippen LogP contribution is 2.44. The molecular weight excluding hydrogens is 164 g/mol. The minimum absolute atomic E-state index is 0.0206. The predicted molar refractivity (Wildman–Crippen MR) is 53.6 cm³/mol. The van der Waals surface area contributed by atoms with Gasteiger partial charge in [-0.05, 0) is 25.7 Å². The highest BCUT2D eigenvalue weighted by Gasteiger charge is 2.48. The summed E-state index contributed by atoms with van der Waals surface area (Å²) >= 11 is 0. The molecule has 1 aliphatic rings. The summed E-state index contributed by atoms with van der Waals surface area (Å²) in [6.45, 7) is 8.88. The molecule has 0 spiro atoms. The van der Waals surface area contributed by atoms with Gasteiger partial charge in [-0.3, -0.25) is 0 Å². The lowest BCUT2D eigenvalue weighted by atomic mass is 9.78. The zero-order valence-electron chi connectivity index (χ0n) is 9.21. The summed E-state index contributed by atoms with van der Waals surface area (Å²) in [5.74, 6) is 0.794. The second-order valence-corrected chi connectivity index (χ2v) is 4.23. The summed E-state index contributed by atoms with van der Waals surface area (Å²) in [4.78, 5) is 0. The molecule has 78 valence electrons. The van der Waals surface area contributed by atoms with Gasteiger partial charge in [0.25, 0.3) is 0 Å². The smallest absolute Gasteiger partial charge is 0.0710 e. The molecule has 13 heavy (non-hydrogen) atoms. The predicted octanol–water partition coefficient (Wildman–Crippen LogP) is 2.21. The summed E-state index contributed by atoms with van der Waals surface area (Å²) in [5, 5.41) is 9.25. The molecule has 3 unspecified atom stereocenters. The van der Waals surface area contributed by atoms with Crippen LogP contribution in [0, 0.1) is 11.8 Å². The molecule has 1 fully saturated rings. The van der Waals surface area contributed by atoms with Crippen molar-refractivity contribution in [3.63, 3.8) is 0 Å². The Morgan fingerprint density at radius 2 is 1.77 bits per heavy atom. The topological polar surface area (TPSA) is 29.5 Å². The summed E-state index contributed by atoms with van der Waals surface area (Å²) in [6.07, 6.45) is 2.30. The highest BCUT2D eigenvalue weighted by molar-refractivity contribution is 4.96. The lowest BCUT2D eigenvalue weighted by Crippen LogP contribution is -2.34. The van der Waals surface area contributed by atoms with E-state index in [4.69, 9.17) is 4.74 Å². The van der Waals surface area contributed by atoms with Crippen molar-refractivity contribution in [3.8, 4) is 0 Å². The van der Waals surface area contributed by atoms with Crippen molar-refractivity contribution >= 4 is 0 Å². The minimum Gasteiger partial charge on any atom is -0.396 e. The largest absolute Gasteiger partial charge is 0.396 e. The number of rotatable bonds is 3. The Morgan fingerprint density at radius 1 is 1.23 bits per heavy atom. The van der Waals surface area contributed by atoms with Crippen LogP contribution in [0.4, 0.5) is 0 Å². The fourth-order valence-electron chi connectivity index (χ4n) is 2.73. The molecule has 3 atom stereocenters. The van der Waals surface area contributed by atoms with Crippen LogP contribution in [0.3, 0.4) is 0 Å². The first-order chi connectivity index (χ1) is 6.11. The zero-order chi connectivity index (χ0) is 10.1. The fourth-order valence-corrected chi connectivity index (χ4v) is 2.73. The van der Waals surface area contributed by atoms with Crippen molar-refractivity contribution in [2.75, 3.05) is 6.61 Å². The van der Waals surface area contributed by atoms with Gasteiger partial charge in [0.2, 0.25) is 0 Å². The van der Waals surface area contributed by atoms with Crippen LogP contribution in [0.1, 0.15) is 40.5 Å². The molecule has 1 saturated heterocycles. The molecular formula is C11H22O2. The third kappa shape index (κ3) is 1.62. The van der Waals surface area contributed by atoms with Gasteiger partial charge >= 0.3 is 0 Å². The highest BCUT2D eigenvalue weighted by atomic mass is 16.5. The second-order valence-electron chi connectivity index (χ2n) is 4.23. The van der Waals surface area contributed by atoms with E-state index in [1.54, 1.807) is 0 Å². The van der Waals surface area contributed by atoms with Gasteiger partial charge in [-0.2, -0.15) is 0 Å². The van der Waals surface area contributed by atoms with Crippen LogP contribution in [-0.4, -0.2) is 23.4 Å². The van der Waals surface area contributed by atoms with E-state index in [9.17, 15) is 5.11 Å². The molecule has 1 rings (SSSR count). The van der Waals surface area contributed by atoms with E-state index >= 15 is 0 Å². The van der Waals surface area contributed by atoms with Crippen LogP contribution in [0.25, 0.3) is 0 Å². The van der Waals surface area contributed by atoms with Crippen LogP contribution in [0.5, 0.6) is 0 Å². The maximum atomic E-state index is 9.25. The van der Waals surface area contributed by atoms with E-state index in [2.05, 4.69) is 27.7 Å². The van der Waals surface area contributed by atoms with Crippen molar-refractivity contribution in [2.24, 2.45) is 11.8 Å². The van der Waals surface area contributed by atoms with Gasteiger partial charge in [0.15, 0.2) is 0 Å². The number of aliphatic hydroxyl groups excluding tert-OH is 1. The molecule has 1 aliphatic heterocycles. The van der Waals surface area contributed by atoms with Gasteiger partial charge in [-0.25, -0.2) is 0 Å². The molecule has 0 aliphatic carbocycles. The molecule has 0 aromatic rings. The Labute approximate surface area is 81.3 Å². The molecule has 2 heteroatoms. The van der Waals surface area contributed by atoms with E-state index < -0.39 is 0 Å². The molecule has 1 N–H and O–H groups in total. The molecule has 0 amide bonds. The minimum atomic E-state index is 0.0206. The van der Waals surface area contributed by atoms with E-state index in [1.807, 2.05) is 0 Å². The first-order valence-corrected chi connectivity index (χ1v) is 5.40. The van der Waals surface area contributed by atoms with E-state index in [0.29, 0.717) is 11.8 Å². The van der Waals surface area contributed by atoms with E-state index in [1.165, 1.54) is 0 Å². The molecule has 0 bridgehead atoms. The van der Waals surface area contributed by atoms with Crippen LogP contribution in [0.2, 0.25) is 0 Å². The fraction of sp³-hybridized carbons (Fsp3) is 1.00. The quantitative estimate of drug-likeness (QED) is 0.732. The Hall–Kier alpha value is -0.0800. The molecule has 0 saturated carbocycles. The molecule has 0 aromatic carbocycles. The summed E-state index contributed by atoms with van der Waals surface area (Å²) < 4.78 is 6.00. The lowest BCUT2D eigenvalue weighted by molar-refractivity contribution is -0.0565. The van der Waals surface area contributed by atoms with Crippen molar-refractivity contribution < 1.29 is 9.84 Å². The van der Waals surface area contributed by atoms with Gasteiger partial charge in [0, 0.05) is 12.5 Å². The number of hydrogen-bond donors (Lipinski definition) is 1. The molecule has 0 radical (unpaired) electrons. The number of hydrogen-bond acceptors (Lipinski definition) is 2. The van der Waals surface area contributed by atoms with E-state index in [0.717, 1.165) is 12.8 Å². The summed E-state index contributed by atoms with van der Waals surface area (Å²) in [5.41, 5.74) is 0.0206. The van der Waals surface area contributed by atoms with Gasteiger partial charge < -0.3 is 9.84 Å². The Bertz CT molecular complexity index is 163. The van der Waals surface area contributed by atoms with E-state index in [-0.39, 0.29) is 18.3 Å². The Balaban J connectivity index is 2.80. The first kappa shape index (κ1) is 11.0. The maximum Gasteiger partial charge on any atom is 0.0710 e. The zero-order valence-corrected chi connectivity index (χ0v) is 9.21. The Kier molecular flexibility index (Phi) is 3.36.